The van der Waals surface area contributed by atoms with E-state index in [1.807, 2.05) is 18.2 Å². The van der Waals surface area contributed by atoms with Crippen LogP contribution in [0.2, 0.25) is 5.02 Å². The van der Waals surface area contributed by atoms with Crippen molar-refractivity contribution in [2.45, 2.75) is 24.9 Å². The summed E-state index contributed by atoms with van der Waals surface area (Å²) in [5, 5.41) is 11.9. The minimum atomic E-state index is -0.0410. The molecule has 6 nitrogen and oxygen atoms in total. The highest BCUT2D eigenvalue weighted by Gasteiger charge is 2.15. The van der Waals surface area contributed by atoms with Gasteiger partial charge in [-0.05, 0) is 18.6 Å². The van der Waals surface area contributed by atoms with Gasteiger partial charge in [0.2, 0.25) is 11.1 Å². The number of benzene rings is 1. The molecule has 1 heterocycles. The summed E-state index contributed by atoms with van der Waals surface area (Å²) in [6.45, 7) is 2.77. The molecule has 22 heavy (non-hydrogen) atoms. The summed E-state index contributed by atoms with van der Waals surface area (Å²) in [5.74, 6) is 6.67. The Hall–Kier alpha value is -1.73. The van der Waals surface area contributed by atoms with E-state index in [4.69, 9.17) is 17.4 Å². The molecule has 0 saturated heterocycles. The third-order valence-corrected chi connectivity index (χ3v) is 4.24. The first kappa shape index (κ1) is 16.6. The van der Waals surface area contributed by atoms with Gasteiger partial charge in [-0.1, -0.05) is 48.8 Å². The molecule has 0 atom stereocenters. The summed E-state index contributed by atoms with van der Waals surface area (Å²) in [4.78, 5) is 11.7. The second-order valence-corrected chi connectivity index (χ2v) is 6.00. The highest BCUT2D eigenvalue weighted by molar-refractivity contribution is 7.99. The van der Waals surface area contributed by atoms with Gasteiger partial charge in [0.15, 0.2) is 5.82 Å². The molecule has 2 aromatic rings. The van der Waals surface area contributed by atoms with Crippen LogP contribution in [0.3, 0.4) is 0 Å². The lowest BCUT2D eigenvalue weighted by Gasteiger charge is -2.05. The van der Waals surface area contributed by atoms with E-state index in [2.05, 4.69) is 22.4 Å². The Labute approximate surface area is 138 Å². The Kier molecular flexibility index (Phi) is 6.09. The van der Waals surface area contributed by atoms with Gasteiger partial charge in [0.25, 0.3) is 0 Å². The van der Waals surface area contributed by atoms with E-state index in [0.717, 1.165) is 12.8 Å². The van der Waals surface area contributed by atoms with E-state index in [1.165, 1.54) is 16.4 Å². The molecule has 2 rings (SSSR count). The Bertz CT molecular complexity index is 646. The molecule has 0 spiro atoms. The van der Waals surface area contributed by atoms with Crippen molar-refractivity contribution in [3.05, 3.63) is 29.3 Å². The number of carbonyl (C=O) groups excluding carboxylic acids is 1. The number of hydrogen-bond donors (Lipinski definition) is 2. The molecule has 0 aliphatic heterocycles. The van der Waals surface area contributed by atoms with Gasteiger partial charge in [0.05, 0.1) is 10.8 Å². The maximum absolute atomic E-state index is 11.7. The third kappa shape index (κ3) is 4.14. The molecule has 0 unspecified atom stereocenters. The lowest BCUT2D eigenvalue weighted by Crippen LogP contribution is -2.26. The number of nitrogens with zero attached hydrogens (tertiary/aromatic N) is 3. The smallest absolute Gasteiger partial charge is 0.230 e. The number of halogens is 1. The van der Waals surface area contributed by atoms with Gasteiger partial charge in [-0.15, -0.1) is 10.2 Å². The Morgan fingerprint density at radius 2 is 2.18 bits per heavy atom. The number of nitrogens with one attached hydrogen (secondary N) is 1. The number of nitrogen functional groups attached to an aromatic ring is 1. The van der Waals surface area contributed by atoms with E-state index in [1.54, 1.807) is 6.07 Å². The standard InChI is InChI=1S/C14H18ClN5OS/c1-2-3-8-17-12(21)9-22-14-19-18-13(20(14)16)10-6-4-5-7-11(10)15/h4-7H,2-3,8-9,16H2,1H3,(H,17,21). The topological polar surface area (TPSA) is 85.8 Å². The zero-order valence-corrected chi connectivity index (χ0v) is 13.8. The normalized spacial score (nSPS) is 10.6. The molecule has 3 N–H and O–H groups in total. The van der Waals surface area contributed by atoms with Crippen LogP contribution in [0, 0.1) is 0 Å². The third-order valence-electron chi connectivity index (χ3n) is 2.96. The molecule has 0 saturated carbocycles. The number of aromatic nitrogens is 3. The van der Waals surface area contributed by atoms with E-state index >= 15 is 0 Å². The Morgan fingerprint density at radius 3 is 2.91 bits per heavy atom. The average Bonchev–Trinajstić information content (AvgIpc) is 2.87. The second-order valence-electron chi connectivity index (χ2n) is 4.65. The summed E-state index contributed by atoms with van der Waals surface area (Å²) in [6.07, 6.45) is 2.02. The highest BCUT2D eigenvalue weighted by atomic mass is 35.5. The molecule has 0 aliphatic carbocycles. The maximum Gasteiger partial charge on any atom is 0.230 e. The first-order valence-electron chi connectivity index (χ1n) is 6.98. The SMILES string of the molecule is CCCCNC(=O)CSc1nnc(-c2ccccc2Cl)n1N. The fourth-order valence-electron chi connectivity index (χ4n) is 1.79. The van der Waals surface area contributed by atoms with Gasteiger partial charge in [0, 0.05) is 12.1 Å². The summed E-state index contributed by atoms with van der Waals surface area (Å²) in [7, 11) is 0. The number of hydrogen-bond acceptors (Lipinski definition) is 5. The van der Waals surface area contributed by atoms with E-state index in [0.29, 0.717) is 28.1 Å². The van der Waals surface area contributed by atoms with Crippen LogP contribution in [0.15, 0.2) is 29.4 Å². The van der Waals surface area contributed by atoms with Gasteiger partial charge in [-0.25, -0.2) is 4.68 Å². The number of carbonyl (C=O) groups is 1. The van der Waals surface area contributed by atoms with Crippen molar-refractivity contribution >= 4 is 29.3 Å². The molecule has 0 radical (unpaired) electrons. The largest absolute Gasteiger partial charge is 0.355 e. The Morgan fingerprint density at radius 1 is 1.41 bits per heavy atom. The molecule has 0 bridgehead atoms. The molecule has 1 aromatic heterocycles. The van der Waals surface area contributed by atoms with Crippen LogP contribution in [-0.2, 0) is 4.79 Å². The van der Waals surface area contributed by atoms with Crippen LogP contribution >= 0.6 is 23.4 Å². The van der Waals surface area contributed by atoms with Crippen molar-refractivity contribution in [1.82, 2.24) is 20.2 Å². The summed E-state index contributed by atoms with van der Waals surface area (Å²) >= 11 is 7.37. The lowest BCUT2D eigenvalue weighted by molar-refractivity contribution is -0.118. The fourth-order valence-corrected chi connectivity index (χ4v) is 2.69. The first-order chi connectivity index (χ1) is 10.6. The lowest BCUT2D eigenvalue weighted by atomic mass is 10.2. The summed E-state index contributed by atoms with van der Waals surface area (Å²) in [5.41, 5.74) is 0.707. The highest BCUT2D eigenvalue weighted by Crippen LogP contribution is 2.27. The quantitative estimate of drug-likeness (QED) is 0.459. The number of thioether (sulfide) groups is 1. The van der Waals surface area contributed by atoms with Crippen LogP contribution in [-0.4, -0.2) is 33.1 Å². The molecule has 1 aromatic carbocycles. The monoisotopic (exact) mass is 339 g/mol. The molecule has 1 amide bonds. The molecule has 0 fully saturated rings. The van der Waals surface area contributed by atoms with Gasteiger partial charge in [0.1, 0.15) is 0 Å². The average molecular weight is 340 g/mol. The molecular formula is C14H18ClN5OS. The van der Waals surface area contributed by atoms with Crippen LogP contribution in [0.5, 0.6) is 0 Å². The number of rotatable bonds is 7. The first-order valence-corrected chi connectivity index (χ1v) is 8.34. The van der Waals surface area contributed by atoms with Crippen molar-refractivity contribution in [2.75, 3.05) is 18.1 Å². The molecule has 0 aliphatic rings. The van der Waals surface area contributed by atoms with E-state index in [9.17, 15) is 4.79 Å². The van der Waals surface area contributed by atoms with Crippen molar-refractivity contribution in [3.8, 4) is 11.4 Å². The van der Waals surface area contributed by atoms with E-state index in [-0.39, 0.29) is 11.7 Å². The number of nitrogens with two attached hydrogens (primary N) is 1. The Balaban J connectivity index is 2.00. The molecule has 118 valence electrons. The summed E-state index contributed by atoms with van der Waals surface area (Å²) < 4.78 is 1.35. The number of unbranched alkanes of at least 4 members (excludes halogenated alkanes) is 1. The minimum absolute atomic E-state index is 0.0410. The fraction of sp³-hybridized carbons (Fsp3) is 0.357. The van der Waals surface area contributed by atoms with Crippen molar-refractivity contribution in [3.63, 3.8) is 0 Å². The summed E-state index contributed by atoms with van der Waals surface area (Å²) in [6, 6.07) is 7.27. The van der Waals surface area contributed by atoms with Gasteiger partial charge in [-0.2, -0.15) is 0 Å². The second kappa shape index (κ2) is 8.05. The predicted octanol–water partition coefficient (Wildman–Crippen LogP) is 2.32. The van der Waals surface area contributed by atoms with E-state index < -0.39 is 0 Å². The van der Waals surface area contributed by atoms with Gasteiger partial charge >= 0.3 is 0 Å². The van der Waals surface area contributed by atoms with Crippen LogP contribution in [0.4, 0.5) is 0 Å². The van der Waals surface area contributed by atoms with Gasteiger partial charge < -0.3 is 11.2 Å². The maximum atomic E-state index is 11.7. The predicted molar refractivity (Wildman–Crippen MR) is 89.3 cm³/mol. The van der Waals surface area contributed by atoms with Crippen molar-refractivity contribution in [1.29, 1.82) is 0 Å². The van der Waals surface area contributed by atoms with Crippen molar-refractivity contribution < 1.29 is 4.79 Å². The molecular weight excluding hydrogens is 322 g/mol. The number of amides is 1. The molecule has 8 heteroatoms. The zero-order valence-electron chi connectivity index (χ0n) is 12.3. The van der Waals surface area contributed by atoms with Crippen LogP contribution in [0.1, 0.15) is 19.8 Å². The zero-order chi connectivity index (χ0) is 15.9. The van der Waals surface area contributed by atoms with Crippen molar-refractivity contribution in [2.24, 2.45) is 0 Å². The van der Waals surface area contributed by atoms with Crippen LogP contribution in [0.25, 0.3) is 11.4 Å². The van der Waals surface area contributed by atoms with Crippen LogP contribution < -0.4 is 11.2 Å². The minimum Gasteiger partial charge on any atom is -0.355 e. The van der Waals surface area contributed by atoms with Gasteiger partial charge in [-0.3, -0.25) is 4.79 Å².